The number of nitrogens with one attached hydrogen (secondary N) is 1. The summed E-state index contributed by atoms with van der Waals surface area (Å²) in [5.74, 6) is 0. The highest BCUT2D eigenvalue weighted by Crippen LogP contribution is 2.22. The summed E-state index contributed by atoms with van der Waals surface area (Å²) >= 11 is 1.75. The number of likely N-dealkylation sites (N-methyl/N-ethyl adjacent to an activating group) is 1. The van der Waals surface area contributed by atoms with Crippen molar-refractivity contribution < 1.29 is 0 Å². The summed E-state index contributed by atoms with van der Waals surface area (Å²) in [6, 6.07) is 0.481. The van der Waals surface area contributed by atoms with Gasteiger partial charge in [-0.25, -0.2) is 4.98 Å². The summed E-state index contributed by atoms with van der Waals surface area (Å²) in [6.45, 7) is 2.08. The predicted molar refractivity (Wildman–Crippen MR) is 74.6 cm³/mol. The van der Waals surface area contributed by atoms with Gasteiger partial charge in [-0.15, -0.1) is 11.3 Å². The summed E-state index contributed by atoms with van der Waals surface area (Å²) in [5.41, 5.74) is 2.83. The van der Waals surface area contributed by atoms with E-state index in [1.807, 2.05) is 0 Å². The molecule has 2 rings (SSSR count). The number of hydrogen-bond donors (Lipinski definition) is 1. The van der Waals surface area contributed by atoms with Gasteiger partial charge in [0, 0.05) is 17.8 Å². The Morgan fingerprint density at radius 3 is 3.00 bits per heavy atom. The van der Waals surface area contributed by atoms with Gasteiger partial charge in [0.25, 0.3) is 0 Å². The van der Waals surface area contributed by atoms with Crippen LogP contribution in [0.5, 0.6) is 0 Å². The molecule has 1 aromatic rings. The van der Waals surface area contributed by atoms with Crippen LogP contribution in [-0.2, 0) is 6.42 Å². The maximum Gasteiger partial charge on any atom is 0.0897 e. The monoisotopic (exact) mass is 250 g/mol. The summed E-state index contributed by atoms with van der Waals surface area (Å²) in [4.78, 5) is 4.57. The van der Waals surface area contributed by atoms with Gasteiger partial charge in [0.05, 0.1) is 10.7 Å². The van der Waals surface area contributed by atoms with E-state index < -0.39 is 0 Å². The fraction of sp³-hybridized carbons (Fsp3) is 0.643. The van der Waals surface area contributed by atoms with E-state index in [4.69, 9.17) is 0 Å². The third-order valence-corrected chi connectivity index (χ3v) is 4.27. The average Bonchev–Trinajstić information content (AvgIpc) is 2.58. The van der Waals surface area contributed by atoms with E-state index in [0.29, 0.717) is 6.04 Å². The first kappa shape index (κ1) is 12.8. The largest absolute Gasteiger partial charge is 0.313 e. The van der Waals surface area contributed by atoms with Crippen LogP contribution < -0.4 is 5.32 Å². The molecule has 0 aromatic carbocycles. The first-order valence-electron chi connectivity index (χ1n) is 6.57. The second-order valence-electron chi connectivity index (χ2n) is 4.78. The molecule has 0 bridgehead atoms. The van der Waals surface area contributed by atoms with E-state index in [0.717, 1.165) is 6.42 Å². The molecule has 1 heterocycles. The van der Waals surface area contributed by atoms with Crippen molar-refractivity contribution in [1.29, 1.82) is 0 Å². The maximum atomic E-state index is 4.57. The van der Waals surface area contributed by atoms with Crippen molar-refractivity contribution in [2.45, 2.75) is 51.5 Å². The van der Waals surface area contributed by atoms with E-state index in [1.165, 1.54) is 42.8 Å². The number of rotatable bonds is 4. The second-order valence-corrected chi connectivity index (χ2v) is 5.84. The molecule has 3 heteroatoms. The third kappa shape index (κ3) is 3.65. The predicted octanol–water partition coefficient (Wildman–Crippen LogP) is 3.47. The van der Waals surface area contributed by atoms with Crippen LogP contribution in [-0.4, -0.2) is 18.1 Å². The Balaban J connectivity index is 2.02. The summed E-state index contributed by atoms with van der Waals surface area (Å²) in [6.07, 6.45) is 10.1. The molecule has 0 fully saturated rings. The van der Waals surface area contributed by atoms with Crippen molar-refractivity contribution in [3.63, 3.8) is 0 Å². The van der Waals surface area contributed by atoms with Crippen molar-refractivity contribution >= 4 is 11.3 Å². The smallest absolute Gasteiger partial charge is 0.0897 e. The highest BCUT2D eigenvalue weighted by molar-refractivity contribution is 7.09. The summed E-state index contributed by atoms with van der Waals surface area (Å²) in [7, 11) is 2.07. The van der Waals surface area contributed by atoms with Crippen molar-refractivity contribution in [2.24, 2.45) is 0 Å². The van der Waals surface area contributed by atoms with Gasteiger partial charge in [0.15, 0.2) is 0 Å². The van der Waals surface area contributed by atoms with Crippen LogP contribution in [0.25, 0.3) is 0 Å². The zero-order valence-corrected chi connectivity index (χ0v) is 11.6. The van der Waals surface area contributed by atoms with Crippen LogP contribution in [0.15, 0.2) is 17.0 Å². The van der Waals surface area contributed by atoms with Gasteiger partial charge in [0.1, 0.15) is 0 Å². The molecular formula is C14H22N2S. The van der Waals surface area contributed by atoms with Crippen LogP contribution in [0.2, 0.25) is 0 Å². The van der Waals surface area contributed by atoms with Crippen molar-refractivity contribution in [1.82, 2.24) is 10.3 Å². The van der Waals surface area contributed by atoms with Gasteiger partial charge >= 0.3 is 0 Å². The van der Waals surface area contributed by atoms with Crippen molar-refractivity contribution in [2.75, 3.05) is 7.05 Å². The molecule has 1 atom stereocenters. The van der Waals surface area contributed by atoms with Gasteiger partial charge in [-0.05, 0) is 39.7 Å². The lowest BCUT2D eigenvalue weighted by atomic mass is 9.98. The minimum atomic E-state index is 0.481. The SMILES string of the molecule is CNC(Cc1csc(C)n1)C1=CCCCCC1. The Bertz CT molecular complexity index is 381. The summed E-state index contributed by atoms with van der Waals surface area (Å²) in [5, 5.41) is 6.82. The van der Waals surface area contributed by atoms with Crippen molar-refractivity contribution in [3.8, 4) is 0 Å². The summed E-state index contributed by atoms with van der Waals surface area (Å²) < 4.78 is 0. The molecule has 0 spiro atoms. The van der Waals surface area contributed by atoms with E-state index in [2.05, 4.69) is 35.7 Å². The fourth-order valence-electron chi connectivity index (χ4n) is 2.49. The average molecular weight is 250 g/mol. The molecule has 0 amide bonds. The number of aryl methyl sites for hydroxylation is 1. The highest BCUT2D eigenvalue weighted by Gasteiger charge is 2.15. The zero-order chi connectivity index (χ0) is 12.1. The molecule has 0 saturated heterocycles. The normalized spacial score (nSPS) is 18.6. The van der Waals surface area contributed by atoms with Gasteiger partial charge in [-0.3, -0.25) is 0 Å². The van der Waals surface area contributed by atoms with Gasteiger partial charge < -0.3 is 5.32 Å². The van der Waals surface area contributed by atoms with E-state index >= 15 is 0 Å². The lowest BCUT2D eigenvalue weighted by molar-refractivity contribution is 0.592. The molecule has 1 N–H and O–H groups in total. The van der Waals surface area contributed by atoms with Gasteiger partial charge in [0.2, 0.25) is 0 Å². The molecule has 1 aliphatic rings. The third-order valence-electron chi connectivity index (χ3n) is 3.45. The Morgan fingerprint density at radius 1 is 1.41 bits per heavy atom. The maximum absolute atomic E-state index is 4.57. The Morgan fingerprint density at radius 2 is 2.29 bits per heavy atom. The lowest BCUT2D eigenvalue weighted by Crippen LogP contribution is -2.29. The van der Waals surface area contributed by atoms with Gasteiger partial charge in [-0.2, -0.15) is 0 Å². The van der Waals surface area contributed by atoms with Crippen LogP contribution >= 0.6 is 11.3 Å². The minimum Gasteiger partial charge on any atom is -0.313 e. The van der Waals surface area contributed by atoms with E-state index in [9.17, 15) is 0 Å². The topological polar surface area (TPSA) is 24.9 Å². The standard InChI is InChI=1S/C14H22N2S/c1-11-16-13(10-17-11)9-14(15-2)12-7-5-3-4-6-8-12/h7,10,14-15H,3-6,8-9H2,1-2H3. The Labute approximate surface area is 108 Å². The molecule has 0 aliphatic heterocycles. The lowest BCUT2D eigenvalue weighted by Gasteiger charge is -2.18. The Hall–Kier alpha value is -0.670. The molecule has 0 radical (unpaired) electrons. The van der Waals surface area contributed by atoms with Crippen LogP contribution in [0.1, 0.15) is 42.8 Å². The number of allylic oxidation sites excluding steroid dienone is 1. The molecule has 17 heavy (non-hydrogen) atoms. The number of thiazole rings is 1. The van der Waals surface area contributed by atoms with E-state index in [-0.39, 0.29) is 0 Å². The highest BCUT2D eigenvalue weighted by atomic mass is 32.1. The second kappa shape index (κ2) is 6.31. The molecule has 0 saturated carbocycles. The van der Waals surface area contributed by atoms with Crippen molar-refractivity contribution in [3.05, 3.63) is 27.7 Å². The molecular weight excluding hydrogens is 228 g/mol. The first-order valence-corrected chi connectivity index (χ1v) is 7.44. The van der Waals surface area contributed by atoms with Crippen LogP contribution in [0.3, 0.4) is 0 Å². The zero-order valence-electron chi connectivity index (χ0n) is 10.8. The molecule has 1 unspecified atom stereocenters. The molecule has 94 valence electrons. The van der Waals surface area contributed by atoms with E-state index in [1.54, 1.807) is 16.9 Å². The Kier molecular flexibility index (Phi) is 4.75. The number of aromatic nitrogens is 1. The molecule has 1 aliphatic carbocycles. The van der Waals surface area contributed by atoms with Crippen LogP contribution in [0, 0.1) is 6.92 Å². The fourth-order valence-corrected chi connectivity index (χ4v) is 3.11. The minimum absolute atomic E-state index is 0.481. The molecule has 1 aromatic heterocycles. The van der Waals surface area contributed by atoms with Gasteiger partial charge in [-0.1, -0.05) is 18.1 Å². The molecule has 2 nitrogen and oxygen atoms in total. The first-order chi connectivity index (χ1) is 8.29. The quantitative estimate of drug-likeness (QED) is 0.828. The number of nitrogens with zero attached hydrogens (tertiary/aromatic N) is 1. The van der Waals surface area contributed by atoms with Crippen LogP contribution in [0.4, 0.5) is 0 Å². The number of hydrogen-bond acceptors (Lipinski definition) is 3.